The van der Waals surface area contributed by atoms with E-state index in [1.807, 2.05) is 0 Å². The number of benzene rings is 1. The number of nitrogen functional groups attached to an aromatic ring is 1. The number of nitrogens with zero attached hydrogens (tertiary/aromatic N) is 2. The average molecular weight is 270 g/mol. The summed E-state index contributed by atoms with van der Waals surface area (Å²) in [6, 6.07) is 4.84. The molecule has 0 aliphatic rings. The maximum Gasteiger partial charge on any atom is 0.141 e. The molecule has 1 aromatic heterocycles. The zero-order valence-corrected chi connectivity index (χ0v) is 9.41. The van der Waals surface area contributed by atoms with E-state index in [4.69, 9.17) is 5.73 Å². The molecule has 0 atom stereocenters. The van der Waals surface area contributed by atoms with Crippen LogP contribution in [0.15, 0.2) is 35.2 Å². The standard InChI is InChI=1S/C10H9BrFN3/c11-8-1-2-9(12)7(3-8)4-15-5-10(13)14-6-15/h1-3,5-6H,4,13H2. The van der Waals surface area contributed by atoms with Gasteiger partial charge in [0.2, 0.25) is 0 Å². The van der Waals surface area contributed by atoms with Crippen LogP contribution in [-0.4, -0.2) is 9.55 Å². The molecule has 0 amide bonds. The quantitative estimate of drug-likeness (QED) is 0.910. The lowest BCUT2D eigenvalue weighted by molar-refractivity contribution is 0.599. The summed E-state index contributed by atoms with van der Waals surface area (Å²) < 4.78 is 16.0. The van der Waals surface area contributed by atoms with Crippen molar-refractivity contribution in [1.29, 1.82) is 0 Å². The number of aromatic nitrogens is 2. The monoisotopic (exact) mass is 269 g/mol. The largest absolute Gasteiger partial charge is 0.382 e. The molecular weight excluding hydrogens is 261 g/mol. The Balaban J connectivity index is 2.27. The highest BCUT2D eigenvalue weighted by Crippen LogP contribution is 2.16. The van der Waals surface area contributed by atoms with Crippen LogP contribution in [0, 0.1) is 5.82 Å². The first-order valence-electron chi connectivity index (χ1n) is 4.36. The van der Waals surface area contributed by atoms with Crippen LogP contribution in [-0.2, 0) is 6.54 Å². The molecular formula is C10H9BrFN3. The molecule has 5 heteroatoms. The summed E-state index contributed by atoms with van der Waals surface area (Å²) in [6.45, 7) is 0.426. The topological polar surface area (TPSA) is 43.8 Å². The number of hydrogen-bond donors (Lipinski definition) is 1. The smallest absolute Gasteiger partial charge is 0.141 e. The highest BCUT2D eigenvalue weighted by Gasteiger charge is 2.03. The summed E-state index contributed by atoms with van der Waals surface area (Å²) in [7, 11) is 0. The number of imidazole rings is 1. The lowest BCUT2D eigenvalue weighted by Crippen LogP contribution is -1.99. The third kappa shape index (κ3) is 2.36. The van der Waals surface area contributed by atoms with Gasteiger partial charge < -0.3 is 10.3 Å². The number of halogens is 2. The number of rotatable bonds is 2. The molecule has 2 N–H and O–H groups in total. The van der Waals surface area contributed by atoms with E-state index in [0.29, 0.717) is 17.9 Å². The van der Waals surface area contributed by atoms with E-state index in [1.54, 1.807) is 29.2 Å². The van der Waals surface area contributed by atoms with Crippen LogP contribution in [0.25, 0.3) is 0 Å². The molecule has 0 fully saturated rings. The second-order valence-corrected chi connectivity index (χ2v) is 4.12. The zero-order chi connectivity index (χ0) is 10.8. The molecule has 15 heavy (non-hydrogen) atoms. The Bertz CT molecular complexity index is 481. The predicted molar refractivity (Wildman–Crippen MR) is 59.8 cm³/mol. The Hall–Kier alpha value is -1.36. The van der Waals surface area contributed by atoms with Crippen LogP contribution in [0.1, 0.15) is 5.56 Å². The van der Waals surface area contributed by atoms with E-state index >= 15 is 0 Å². The zero-order valence-electron chi connectivity index (χ0n) is 7.82. The van der Waals surface area contributed by atoms with Gasteiger partial charge in [-0.3, -0.25) is 0 Å². The highest BCUT2D eigenvalue weighted by molar-refractivity contribution is 9.10. The van der Waals surface area contributed by atoms with Gasteiger partial charge >= 0.3 is 0 Å². The van der Waals surface area contributed by atoms with Gasteiger partial charge in [0.25, 0.3) is 0 Å². The van der Waals surface area contributed by atoms with E-state index < -0.39 is 0 Å². The van der Waals surface area contributed by atoms with Crippen LogP contribution in [0.5, 0.6) is 0 Å². The van der Waals surface area contributed by atoms with Gasteiger partial charge in [-0.25, -0.2) is 9.37 Å². The summed E-state index contributed by atoms with van der Waals surface area (Å²) in [5, 5.41) is 0. The number of anilines is 1. The number of nitrogens with two attached hydrogens (primary N) is 1. The Labute approximate surface area is 94.9 Å². The molecule has 0 spiro atoms. The second kappa shape index (κ2) is 4.02. The SMILES string of the molecule is Nc1cn(Cc2cc(Br)ccc2F)cn1. The molecule has 0 unspecified atom stereocenters. The fraction of sp³-hybridized carbons (Fsp3) is 0.100. The molecule has 78 valence electrons. The Morgan fingerprint density at radius 3 is 2.93 bits per heavy atom. The molecule has 1 heterocycles. The first-order chi connectivity index (χ1) is 7.15. The average Bonchev–Trinajstić information content (AvgIpc) is 2.58. The fourth-order valence-corrected chi connectivity index (χ4v) is 1.73. The highest BCUT2D eigenvalue weighted by atomic mass is 79.9. The summed E-state index contributed by atoms with van der Waals surface area (Å²) in [5.74, 6) is 0.205. The lowest BCUT2D eigenvalue weighted by Gasteiger charge is -2.04. The third-order valence-electron chi connectivity index (χ3n) is 2.01. The molecule has 2 rings (SSSR count). The van der Waals surface area contributed by atoms with Crippen LogP contribution < -0.4 is 5.73 Å². The first kappa shape index (κ1) is 10.2. The lowest BCUT2D eigenvalue weighted by atomic mass is 10.2. The molecule has 1 aromatic carbocycles. The summed E-state index contributed by atoms with van der Waals surface area (Å²) in [6.07, 6.45) is 3.25. The Morgan fingerprint density at radius 2 is 2.27 bits per heavy atom. The van der Waals surface area contributed by atoms with E-state index in [1.165, 1.54) is 6.07 Å². The van der Waals surface area contributed by atoms with Gasteiger partial charge in [-0.1, -0.05) is 15.9 Å². The molecule has 3 nitrogen and oxygen atoms in total. The van der Waals surface area contributed by atoms with E-state index in [0.717, 1.165) is 4.47 Å². The van der Waals surface area contributed by atoms with Crippen molar-refractivity contribution in [3.63, 3.8) is 0 Å². The number of hydrogen-bond acceptors (Lipinski definition) is 2. The molecule has 0 bridgehead atoms. The molecule has 0 aliphatic heterocycles. The molecule has 2 aromatic rings. The summed E-state index contributed by atoms with van der Waals surface area (Å²) in [5.41, 5.74) is 6.06. The third-order valence-corrected chi connectivity index (χ3v) is 2.51. The van der Waals surface area contributed by atoms with Gasteiger partial charge in [-0.2, -0.15) is 0 Å². The van der Waals surface area contributed by atoms with Crippen LogP contribution in [0.4, 0.5) is 10.2 Å². The molecule has 0 saturated heterocycles. The van der Waals surface area contributed by atoms with Crippen molar-refractivity contribution in [2.45, 2.75) is 6.54 Å². The minimum atomic E-state index is -0.231. The minimum Gasteiger partial charge on any atom is -0.382 e. The molecule has 0 radical (unpaired) electrons. The van der Waals surface area contributed by atoms with Crippen LogP contribution in [0.2, 0.25) is 0 Å². The van der Waals surface area contributed by atoms with Gasteiger partial charge in [0.05, 0.1) is 12.9 Å². The minimum absolute atomic E-state index is 0.231. The molecule has 0 aliphatic carbocycles. The second-order valence-electron chi connectivity index (χ2n) is 3.21. The van der Waals surface area contributed by atoms with Gasteiger partial charge in [0, 0.05) is 16.2 Å². The Morgan fingerprint density at radius 1 is 1.47 bits per heavy atom. The van der Waals surface area contributed by atoms with Crippen molar-refractivity contribution >= 4 is 21.7 Å². The van der Waals surface area contributed by atoms with Crippen molar-refractivity contribution in [3.8, 4) is 0 Å². The summed E-state index contributed by atoms with van der Waals surface area (Å²) >= 11 is 3.30. The summed E-state index contributed by atoms with van der Waals surface area (Å²) in [4.78, 5) is 3.87. The van der Waals surface area contributed by atoms with Crippen LogP contribution >= 0.6 is 15.9 Å². The normalized spacial score (nSPS) is 10.5. The fourth-order valence-electron chi connectivity index (χ4n) is 1.33. The van der Waals surface area contributed by atoms with Crippen LogP contribution in [0.3, 0.4) is 0 Å². The Kier molecular flexibility index (Phi) is 2.73. The van der Waals surface area contributed by atoms with Crippen molar-refractivity contribution in [1.82, 2.24) is 9.55 Å². The van der Waals surface area contributed by atoms with E-state index in [-0.39, 0.29) is 5.82 Å². The van der Waals surface area contributed by atoms with Gasteiger partial charge in [0.1, 0.15) is 11.6 Å². The van der Waals surface area contributed by atoms with E-state index in [9.17, 15) is 4.39 Å². The van der Waals surface area contributed by atoms with Crippen molar-refractivity contribution in [3.05, 3.63) is 46.6 Å². The molecule has 0 saturated carbocycles. The maximum atomic E-state index is 13.4. The van der Waals surface area contributed by atoms with Gasteiger partial charge in [-0.15, -0.1) is 0 Å². The predicted octanol–water partition coefficient (Wildman–Crippen LogP) is 2.42. The van der Waals surface area contributed by atoms with Crippen molar-refractivity contribution in [2.24, 2.45) is 0 Å². The van der Waals surface area contributed by atoms with Crippen molar-refractivity contribution in [2.75, 3.05) is 5.73 Å². The maximum absolute atomic E-state index is 13.4. The van der Waals surface area contributed by atoms with Gasteiger partial charge in [-0.05, 0) is 18.2 Å². The first-order valence-corrected chi connectivity index (χ1v) is 5.15. The van der Waals surface area contributed by atoms with Crippen molar-refractivity contribution < 1.29 is 4.39 Å². The van der Waals surface area contributed by atoms with E-state index in [2.05, 4.69) is 20.9 Å². The van der Waals surface area contributed by atoms with Gasteiger partial charge in [0.15, 0.2) is 0 Å².